The van der Waals surface area contributed by atoms with Gasteiger partial charge in [0.1, 0.15) is 5.56 Å². The molecule has 7 heteroatoms. The molecule has 1 aromatic carbocycles. The van der Waals surface area contributed by atoms with E-state index in [0.717, 1.165) is 5.69 Å². The van der Waals surface area contributed by atoms with Gasteiger partial charge in [-0.25, -0.2) is 4.79 Å². The van der Waals surface area contributed by atoms with E-state index in [1.807, 2.05) is 6.92 Å². The summed E-state index contributed by atoms with van der Waals surface area (Å²) in [5.41, 5.74) is 7.03. The second-order valence-corrected chi connectivity index (χ2v) is 4.50. The van der Waals surface area contributed by atoms with Gasteiger partial charge in [-0.15, -0.1) is 5.10 Å². The topological polar surface area (TPSA) is 90.2 Å². The Hall–Kier alpha value is -2.21. The Bertz CT molecular complexity index is 640. The van der Waals surface area contributed by atoms with Gasteiger partial charge in [0, 0.05) is 17.4 Å². The Morgan fingerprint density at radius 3 is 2.80 bits per heavy atom. The number of nitrogens with one attached hydrogen (secondary N) is 1. The number of aromatic amines is 1. The molecular weight excluding hydrogens is 282 g/mol. The molecule has 0 saturated carbocycles. The lowest BCUT2D eigenvalue weighted by molar-refractivity contribution is 0.0523. The highest BCUT2D eigenvalue weighted by Gasteiger charge is 2.19. The third-order valence-corrected chi connectivity index (χ3v) is 2.73. The van der Waals surface area contributed by atoms with Crippen LogP contribution in [0.5, 0.6) is 11.6 Å². The highest BCUT2D eigenvalue weighted by Crippen LogP contribution is 2.35. The first-order chi connectivity index (χ1) is 9.51. The highest BCUT2D eigenvalue weighted by molar-refractivity contribution is 6.33. The van der Waals surface area contributed by atoms with Gasteiger partial charge in [0.15, 0.2) is 5.75 Å². The molecule has 0 saturated heterocycles. The van der Waals surface area contributed by atoms with Crippen molar-refractivity contribution in [1.82, 2.24) is 10.2 Å². The number of carbonyl (C=O) groups excluding carboxylic acids is 1. The van der Waals surface area contributed by atoms with Crippen molar-refractivity contribution in [2.45, 2.75) is 13.8 Å². The van der Waals surface area contributed by atoms with E-state index in [4.69, 9.17) is 26.8 Å². The molecule has 0 atom stereocenters. The van der Waals surface area contributed by atoms with Gasteiger partial charge in [-0.1, -0.05) is 11.6 Å². The van der Waals surface area contributed by atoms with Crippen molar-refractivity contribution in [3.05, 3.63) is 34.5 Å². The van der Waals surface area contributed by atoms with Crippen molar-refractivity contribution in [2.24, 2.45) is 0 Å². The molecule has 20 heavy (non-hydrogen) atoms. The van der Waals surface area contributed by atoms with Crippen LogP contribution in [0.3, 0.4) is 0 Å². The summed E-state index contributed by atoms with van der Waals surface area (Å²) in [6.45, 7) is 3.78. The standard InChI is InChI=1S/C13H14ClN3O3/c1-3-19-13(18)9-5-8(15)6-10(14)12(9)20-11-4-7(2)16-17-11/h4-6H,3,15H2,1-2H3,(H,16,17). The minimum Gasteiger partial charge on any atom is -0.462 e. The normalized spacial score (nSPS) is 10.3. The van der Waals surface area contributed by atoms with E-state index < -0.39 is 5.97 Å². The Kier molecular flexibility index (Phi) is 4.14. The van der Waals surface area contributed by atoms with E-state index in [9.17, 15) is 4.79 Å². The molecule has 3 N–H and O–H groups in total. The van der Waals surface area contributed by atoms with Crippen molar-refractivity contribution in [2.75, 3.05) is 12.3 Å². The Morgan fingerprint density at radius 1 is 1.45 bits per heavy atom. The number of aryl methyl sites for hydroxylation is 1. The van der Waals surface area contributed by atoms with Crippen LogP contribution in [0.15, 0.2) is 18.2 Å². The fourth-order valence-corrected chi connectivity index (χ4v) is 1.89. The van der Waals surface area contributed by atoms with Crippen molar-refractivity contribution >= 4 is 23.3 Å². The second-order valence-electron chi connectivity index (χ2n) is 4.09. The molecular formula is C13H14ClN3O3. The third-order valence-electron chi connectivity index (χ3n) is 2.45. The molecule has 6 nitrogen and oxygen atoms in total. The predicted octanol–water partition coefficient (Wildman–Crippen LogP) is 2.92. The number of nitrogens with zero attached hydrogens (tertiary/aromatic N) is 1. The molecule has 0 amide bonds. The molecule has 0 aliphatic rings. The van der Waals surface area contributed by atoms with Crippen LogP contribution in [-0.4, -0.2) is 22.8 Å². The van der Waals surface area contributed by atoms with E-state index in [-0.39, 0.29) is 22.9 Å². The van der Waals surface area contributed by atoms with Gasteiger partial charge in [-0.3, -0.25) is 5.10 Å². The third kappa shape index (κ3) is 3.03. The number of nitrogens with two attached hydrogens (primary N) is 1. The van der Waals surface area contributed by atoms with Crippen LogP contribution in [0.25, 0.3) is 0 Å². The fraction of sp³-hybridized carbons (Fsp3) is 0.231. The van der Waals surface area contributed by atoms with Crippen LogP contribution in [0, 0.1) is 6.92 Å². The molecule has 1 aromatic heterocycles. The first kappa shape index (κ1) is 14.2. The summed E-state index contributed by atoms with van der Waals surface area (Å²) < 4.78 is 10.5. The van der Waals surface area contributed by atoms with Crippen LogP contribution >= 0.6 is 11.6 Å². The van der Waals surface area contributed by atoms with Crippen LogP contribution in [0.2, 0.25) is 5.02 Å². The summed E-state index contributed by atoms with van der Waals surface area (Å²) in [5.74, 6) is -0.0745. The van der Waals surface area contributed by atoms with Gasteiger partial charge >= 0.3 is 5.97 Å². The number of halogens is 1. The molecule has 0 aliphatic carbocycles. The average Bonchev–Trinajstić information content (AvgIpc) is 2.78. The summed E-state index contributed by atoms with van der Waals surface area (Å²) in [7, 11) is 0. The first-order valence-corrected chi connectivity index (χ1v) is 6.35. The molecule has 0 bridgehead atoms. The first-order valence-electron chi connectivity index (χ1n) is 5.97. The number of hydrogen-bond donors (Lipinski definition) is 2. The molecule has 0 radical (unpaired) electrons. The van der Waals surface area contributed by atoms with Crippen molar-refractivity contribution in [3.63, 3.8) is 0 Å². The van der Waals surface area contributed by atoms with Crippen molar-refractivity contribution < 1.29 is 14.3 Å². The molecule has 2 rings (SSSR count). The van der Waals surface area contributed by atoms with Crippen molar-refractivity contribution in [1.29, 1.82) is 0 Å². The quantitative estimate of drug-likeness (QED) is 0.668. The van der Waals surface area contributed by atoms with E-state index in [2.05, 4.69) is 10.2 Å². The van der Waals surface area contributed by atoms with Crippen LogP contribution in [-0.2, 0) is 4.74 Å². The minimum atomic E-state index is -0.552. The van der Waals surface area contributed by atoms with Crippen molar-refractivity contribution in [3.8, 4) is 11.6 Å². The molecule has 2 aromatic rings. The summed E-state index contributed by atoms with van der Waals surface area (Å²) in [5, 5.41) is 6.88. The van der Waals surface area contributed by atoms with E-state index >= 15 is 0 Å². The highest BCUT2D eigenvalue weighted by atomic mass is 35.5. The summed E-state index contributed by atoms with van der Waals surface area (Å²) in [4.78, 5) is 11.9. The number of anilines is 1. The minimum absolute atomic E-state index is 0.164. The van der Waals surface area contributed by atoms with E-state index in [1.165, 1.54) is 12.1 Å². The number of rotatable bonds is 4. The molecule has 0 aliphatic heterocycles. The largest absolute Gasteiger partial charge is 0.462 e. The SMILES string of the molecule is CCOC(=O)c1cc(N)cc(Cl)c1Oc1cc(C)[nH]n1. The number of H-pyrrole nitrogens is 1. The van der Waals surface area contributed by atoms with Gasteiger partial charge in [0.05, 0.1) is 11.6 Å². The van der Waals surface area contributed by atoms with Gasteiger partial charge in [0.25, 0.3) is 0 Å². The lowest BCUT2D eigenvalue weighted by Crippen LogP contribution is -2.08. The summed E-state index contributed by atoms with van der Waals surface area (Å²) in [6.07, 6.45) is 0. The molecule has 0 fully saturated rings. The molecule has 0 unspecified atom stereocenters. The number of ether oxygens (including phenoxy) is 2. The molecule has 1 heterocycles. The molecule has 106 valence electrons. The van der Waals surface area contributed by atoms with Crippen LogP contribution < -0.4 is 10.5 Å². The zero-order valence-electron chi connectivity index (χ0n) is 11.1. The Labute approximate surface area is 120 Å². The van der Waals surface area contributed by atoms with Gasteiger partial charge in [-0.2, -0.15) is 0 Å². The Morgan fingerprint density at radius 2 is 2.20 bits per heavy atom. The zero-order valence-corrected chi connectivity index (χ0v) is 11.8. The number of carbonyl (C=O) groups is 1. The Balaban J connectivity index is 2.42. The molecule has 0 spiro atoms. The van der Waals surface area contributed by atoms with E-state index in [1.54, 1.807) is 13.0 Å². The average molecular weight is 296 g/mol. The van der Waals surface area contributed by atoms with Gasteiger partial charge in [-0.05, 0) is 26.0 Å². The monoisotopic (exact) mass is 295 g/mol. The zero-order chi connectivity index (χ0) is 14.7. The smallest absolute Gasteiger partial charge is 0.342 e. The second kappa shape index (κ2) is 5.83. The number of esters is 1. The number of nitrogen functional groups attached to an aromatic ring is 1. The maximum Gasteiger partial charge on any atom is 0.342 e. The number of benzene rings is 1. The number of aromatic nitrogens is 2. The maximum absolute atomic E-state index is 11.9. The van der Waals surface area contributed by atoms with Crippen LogP contribution in [0.4, 0.5) is 5.69 Å². The van der Waals surface area contributed by atoms with Crippen LogP contribution in [0.1, 0.15) is 23.0 Å². The van der Waals surface area contributed by atoms with E-state index in [0.29, 0.717) is 11.6 Å². The number of hydrogen-bond acceptors (Lipinski definition) is 5. The van der Waals surface area contributed by atoms with Gasteiger partial charge < -0.3 is 15.2 Å². The van der Waals surface area contributed by atoms with Gasteiger partial charge in [0.2, 0.25) is 5.88 Å². The lowest BCUT2D eigenvalue weighted by atomic mass is 10.2. The predicted molar refractivity (Wildman–Crippen MR) is 75.2 cm³/mol. The summed E-state index contributed by atoms with van der Waals surface area (Å²) >= 11 is 6.08. The maximum atomic E-state index is 11.9. The fourth-order valence-electron chi connectivity index (χ4n) is 1.63. The lowest BCUT2D eigenvalue weighted by Gasteiger charge is -2.11. The summed E-state index contributed by atoms with van der Waals surface area (Å²) in [6, 6.07) is 4.64.